The van der Waals surface area contributed by atoms with Crippen molar-refractivity contribution >= 4 is 11.9 Å². The summed E-state index contributed by atoms with van der Waals surface area (Å²) in [6, 6.07) is 2.53. The third-order valence-electron chi connectivity index (χ3n) is 6.10. The van der Waals surface area contributed by atoms with E-state index in [4.69, 9.17) is 9.47 Å². The first kappa shape index (κ1) is 31.9. The molecule has 0 aliphatic rings. The van der Waals surface area contributed by atoms with E-state index in [0.29, 0.717) is 0 Å². The Morgan fingerprint density at radius 3 is 1.69 bits per heavy atom. The minimum Gasteiger partial charge on any atom is -0.466 e. The summed E-state index contributed by atoms with van der Waals surface area (Å²) in [7, 11) is 0. The number of alkyl halides is 3. The van der Waals surface area contributed by atoms with E-state index in [1.54, 1.807) is 0 Å². The van der Waals surface area contributed by atoms with Crippen LogP contribution < -0.4 is 0 Å². The maximum atomic E-state index is 13.8. The highest BCUT2D eigenvalue weighted by Crippen LogP contribution is 2.33. The largest absolute Gasteiger partial charge is 0.466 e. The lowest BCUT2D eigenvalue weighted by Crippen LogP contribution is -2.15. The predicted molar refractivity (Wildman–Crippen MR) is 132 cm³/mol. The molecular weight excluding hydrogens is 476 g/mol. The van der Waals surface area contributed by atoms with Gasteiger partial charge in [0, 0.05) is 5.56 Å². The number of carbonyl (C=O) groups is 2. The molecule has 0 bridgehead atoms. The molecule has 1 rings (SSSR count). The summed E-state index contributed by atoms with van der Waals surface area (Å²) in [5.41, 5.74) is -1.93. The molecule has 0 N–H and O–H groups in total. The van der Waals surface area contributed by atoms with Crippen LogP contribution in [0.25, 0.3) is 0 Å². The molecule has 1 aromatic rings. The second-order valence-electron chi connectivity index (χ2n) is 9.24. The van der Waals surface area contributed by atoms with E-state index in [9.17, 15) is 27.2 Å². The summed E-state index contributed by atoms with van der Waals surface area (Å²) in [5, 5.41) is 0. The molecule has 0 fully saturated rings. The number of hydrogen-bond acceptors (Lipinski definition) is 4. The first-order valence-corrected chi connectivity index (χ1v) is 13.4. The minimum atomic E-state index is -4.76. The molecule has 0 spiro atoms. The summed E-state index contributed by atoms with van der Waals surface area (Å²) in [5.74, 6) is -2.56. The lowest BCUT2D eigenvalue weighted by atomic mass is 10.0. The van der Waals surface area contributed by atoms with Gasteiger partial charge in [-0.1, -0.05) is 96.5 Å². The average molecular weight is 519 g/mol. The Morgan fingerprint density at radius 2 is 1.19 bits per heavy atom. The average Bonchev–Trinajstić information content (AvgIpc) is 2.83. The van der Waals surface area contributed by atoms with Crippen LogP contribution in [0.5, 0.6) is 0 Å². The fourth-order valence-corrected chi connectivity index (χ4v) is 3.95. The molecule has 0 aliphatic carbocycles. The summed E-state index contributed by atoms with van der Waals surface area (Å²) in [4.78, 5) is 23.5. The highest BCUT2D eigenvalue weighted by Gasteiger charge is 2.34. The monoisotopic (exact) mass is 518 g/mol. The lowest BCUT2D eigenvalue weighted by Gasteiger charge is -2.13. The molecule has 1 aromatic carbocycles. The van der Waals surface area contributed by atoms with Crippen LogP contribution >= 0.6 is 0 Å². The van der Waals surface area contributed by atoms with Crippen molar-refractivity contribution in [3.63, 3.8) is 0 Å². The van der Waals surface area contributed by atoms with Gasteiger partial charge in [0.1, 0.15) is 12.4 Å². The number of unbranched alkanes of at least 4 members (excludes halogenated alkanes) is 13. The zero-order chi connectivity index (χ0) is 26.7. The van der Waals surface area contributed by atoms with Crippen molar-refractivity contribution < 1.29 is 36.6 Å². The van der Waals surface area contributed by atoms with Gasteiger partial charge in [0.25, 0.3) is 0 Å². The summed E-state index contributed by atoms with van der Waals surface area (Å²) < 4.78 is 62.5. The quantitative estimate of drug-likeness (QED) is 0.0984. The summed E-state index contributed by atoms with van der Waals surface area (Å²) in [6.07, 6.45) is 11.9. The van der Waals surface area contributed by atoms with E-state index < -0.39 is 41.7 Å². The van der Waals surface area contributed by atoms with Crippen LogP contribution in [0.3, 0.4) is 0 Å². The molecule has 0 atom stereocenters. The Bertz CT molecular complexity index is 750. The number of rotatable bonds is 20. The van der Waals surface area contributed by atoms with Crippen LogP contribution in [-0.4, -0.2) is 18.5 Å². The summed E-state index contributed by atoms with van der Waals surface area (Å²) in [6.45, 7) is 1.66. The molecular formula is C28H42F4O4. The van der Waals surface area contributed by atoms with Crippen molar-refractivity contribution in [1.29, 1.82) is 0 Å². The van der Waals surface area contributed by atoms with Crippen molar-refractivity contribution in [1.82, 2.24) is 0 Å². The van der Waals surface area contributed by atoms with Crippen molar-refractivity contribution in [2.75, 3.05) is 6.61 Å². The number of esters is 2. The Balaban J connectivity index is 2.02. The van der Waals surface area contributed by atoms with Gasteiger partial charge < -0.3 is 9.47 Å². The predicted octanol–water partition coefficient (Wildman–Crippen LogP) is 8.69. The Hall–Kier alpha value is -2.12. The number of ether oxygens (including phenoxy) is 2. The molecule has 4 nitrogen and oxygen atoms in total. The molecule has 0 radical (unpaired) electrons. The van der Waals surface area contributed by atoms with Crippen LogP contribution in [0, 0.1) is 5.82 Å². The van der Waals surface area contributed by atoms with Crippen LogP contribution in [0.2, 0.25) is 0 Å². The normalized spacial score (nSPS) is 11.5. The Morgan fingerprint density at radius 1 is 0.722 bits per heavy atom. The number of benzene rings is 1. The third-order valence-corrected chi connectivity index (χ3v) is 6.10. The van der Waals surface area contributed by atoms with E-state index >= 15 is 0 Å². The molecule has 0 unspecified atom stereocenters. The van der Waals surface area contributed by atoms with Crippen molar-refractivity contribution in [2.45, 2.75) is 122 Å². The van der Waals surface area contributed by atoms with E-state index in [1.807, 2.05) is 0 Å². The highest BCUT2D eigenvalue weighted by molar-refractivity contribution is 5.77. The SMILES string of the molecule is CCCCCCCCCCCCCCCCOC(=O)CCC(=O)OCc1c(F)cccc1C(F)(F)F. The number of halogens is 4. The smallest absolute Gasteiger partial charge is 0.416 e. The lowest BCUT2D eigenvalue weighted by molar-refractivity contribution is -0.152. The molecule has 0 saturated heterocycles. The van der Waals surface area contributed by atoms with E-state index in [2.05, 4.69) is 6.92 Å². The minimum absolute atomic E-state index is 0.235. The standard InChI is InChI=1S/C28H42F4O4/c1-2-3-4-5-6-7-8-9-10-11-12-13-14-15-21-35-26(33)19-20-27(34)36-22-23-24(28(30,31)32)17-16-18-25(23)29/h16-18H,2-15,19-22H2,1H3. The van der Waals surface area contributed by atoms with Crippen LogP contribution in [0.15, 0.2) is 18.2 Å². The van der Waals surface area contributed by atoms with E-state index in [0.717, 1.165) is 37.5 Å². The van der Waals surface area contributed by atoms with Crippen molar-refractivity contribution in [3.05, 3.63) is 35.1 Å². The van der Waals surface area contributed by atoms with Gasteiger partial charge in [0.15, 0.2) is 0 Å². The topological polar surface area (TPSA) is 52.6 Å². The zero-order valence-corrected chi connectivity index (χ0v) is 21.6. The first-order valence-electron chi connectivity index (χ1n) is 13.4. The molecule has 0 aliphatic heterocycles. The highest BCUT2D eigenvalue weighted by atomic mass is 19.4. The maximum absolute atomic E-state index is 13.8. The van der Waals surface area contributed by atoms with Gasteiger partial charge in [-0.15, -0.1) is 0 Å². The van der Waals surface area contributed by atoms with Gasteiger partial charge in [-0.25, -0.2) is 4.39 Å². The molecule has 36 heavy (non-hydrogen) atoms. The second kappa shape index (κ2) is 19.1. The zero-order valence-electron chi connectivity index (χ0n) is 21.6. The van der Waals surface area contributed by atoms with Crippen LogP contribution in [0.1, 0.15) is 121 Å². The van der Waals surface area contributed by atoms with Gasteiger partial charge in [0.2, 0.25) is 0 Å². The van der Waals surface area contributed by atoms with E-state index in [1.165, 1.54) is 70.6 Å². The van der Waals surface area contributed by atoms with Crippen LogP contribution in [0.4, 0.5) is 17.6 Å². The molecule has 206 valence electrons. The second-order valence-corrected chi connectivity index (χ2v) is 9.24. The van der Waals surface area contributed by atoms with Gasteiger partial charge in [-0.05, 0) is 18.6 Å². The molecule has 0 aromatic heterocycles. The molecule has 8 heteroatoms. The Labute approximate surface area is 213 Å². The van der Waals surface area contributed by atoms with Gasteiger partial charge in [-0.2, -0.15) is 13.2 Å². The fraction of sp³-hybridized carbons (Fsp3) is 0.714. The van der Waals surface area contributed by atoms with Gasteiger partial charge >= 0.3 is 18.1 Å². The first-order chi connectivity index (χ1) is 17.3. The van der Waals surface area contributed by atoms with Gasteiger partial charge in [0.05, 0.1) is 25.0 Å². The molecule has 0 amide bonds. The third kappa shape index (κ3) is 15.1. The molecule has 0 heterocycles. The summed E-state index contributed by atoms with van der Waals surface area (Å²) >= 11 is 0. The van der Waals surface area contributed by atoms with Crippen molar-refractivity contribution in [3.8, 4) is 0 Å². The van der Waals surface area contributed by atoms with E-state index in [-0.39, 0.29) is 19.4 Å². The van der Waals surface area contributed by atoms with Gasteiger partial charge in [-0.3, -0.25) is 9.59 Å². The fourth-order valence-electron chi connectivity index (χ4n) is 3.95. The van der Waals surface area contributed by atoms with Crippen LogP contribution in [-0.2, 0) is 31.8 Å². The molecule has 0 saturated carbocycles. The Kier molecular flexibility index (Phi) is 16.9. The maximum Gasteiger partial charge on any atom is 0.416 e. The number of carbonyl (C=O) groups excluding carboxylic acids is 2. The van der Waals surface area contributed by atoms with Crippen molar-refractivity contribution in [2.24, 2.45) is 0 Å². The number of hydrogen-bond donors (Lipinski definition) is 0.